The number of hydrogen-bond acceptors (Lipinski definition) is 8. The molecule has 0 fully saturated rings. The quantitative estimate of drug-likeness (QED) is 0.137. The monoisotopic (exact) mass is 551 g/mol. The number of fused-ring (bicyclic) bond motifs is 1. The van der Waals surface area contributed by atoms with Crippen molar-refractivity contribution in [1.82, 2.24) is 20.9 Å². The number of carboxylic acids is 2. The zero-order valence-corrected chi connectivity index (χ0v) is 21.8. The number of nitrogens with one attached hydrogen (secondary N) is 4. The number of hydrogen-bond donors (Lipinski definition) is 8. The van der Waals surface area contributed by atoms with Crippen LogP contribution < -0.4 is 21.7 Å². The second kappa shape index (κ2) is 14.4. The molecule has 5 unspecified atom stereocenters. The van der Waals surface area contributed by atoms with Crippen molar-refractivity contribution in [1.29, 1.82) is 0 Å². The van der Waals surface area contributed by atoms with Gasteiger partial charge in [-0.05, 0) is 43.4 Å². The average molecular weight is 552 g/mol. The minimum atomic E-state index is -1.71. The van der Waals surface area contributed by atoms with Gasteiger partial charge in [-0.3, -0.25) is 19.2 Å². The molecule has 2 aromatic rings. The number of para-hydroxylation sites is 1. The summed E-state index contributed by atoms with van der Waals surface area (Å²) in [5, 5.41) is 36.1. The van der Waals surface area contributed by atoms with Crippen LogP contribution in [0.2, 0.25) is 0 Å². The first kappa shape index (κ1) is 30.6. The largest absolute Gasteiger partial charge is 0.481 e. The second-order valence-electron chi connectivity index (χ2n) is 8.74. The summed E-state index contributed by atoms with van der Waals surface area (Å²) in [5.41, 5.74) is 7.75. The lowest BCUT2D eigenvalue weighted by atomic mass is 10.0. The van der Waals surface area contributed by atoms with Gasteiger partial charge in [0.1, 0.15) is 18.1 Å². The summed E-state index contributed by atoms with van der Waals surface area (Å²) >= 11 is 1.36. The zero-order chi connectivity index (χ0) is 28.4. The van der Waals surface area contributed by atoms with Crippen molar-refractivity contribution in [2.24, 2.45) is 5.73 Å². The minimum Gasteiger partial charge on any atom is -0.481 e. The van der Waals surface area contributed by atoms with Gasteiger partial charge in [0.05, 0.1) is 18.6 Å². The molecule has 0 bridgehead atoms. The third-order valence-electron chi connectivity index (χ3n) is 5.75. The normalized spacial score (nSPS) is 15.1. The lowest BCUT2D eigenvalue weighted by Crippen LogP contribution is -2.60. The molecule has 9 N–H and O–H groups in total. The van der Waals surface area contributed by atoms with Gasteiger partial charge in [-0.1, -0.05) is 18.2 Å². The first-order valence-electron chi connectivity index (χ1n) is 11.8. The van der Waals surface area contributed by atoms with Crippen LogP contribution in [0.3, 0.4) is 0 Å². The fraction of sp³-hybridized carbons (Fsp3) is 0.458. The number of carboxylic acid groups (broad SMARTS) is 2. The number of carbonyl (C=O) groups excluding carboxylic acids is 3. The second-order valence-corrected chi connectivity index (χ2v) is 9.72. The summed E-state index contributed by atoms with van der Waals surface area (Å²) in [5.74, 6) is -5.08. The van der Waals surface area contributed by atoms with Crippen molar-refractivity contribution in [3.05, 3.63) is 36.0 Å². The number of nitrogens with two attached hydrogens (primary N) is 1. The van der Waals surface area contributed by atoms with Crippen LogP contribution in [-0.2, 0) is 30.4 Å². The maximum atomic E-state index is 13.0. The lowest BCUT2D eigenvalue weighted by molar-refractivity contribution is -0.147. The van der Waals surface area contributed by atoms with E-state index in [0.717, 1.165) is 16.5 Å². The summed E-state index contributed by atoms with van der Waals surface area (Å²) in [6.45, 7) is 1.28. The third-order valence-corrected chi connectivity index (χ3v) is 6.40. The van der Waals surface area contributed by atoms with Crippen LogP contribution in [0.4, 0.5) is 0 Å². The molecule has 0 radical (unpaired) electrons. The molecule has 5 atom stereocenters. The summed E-state index contributed by atoms with van der Waals surface area (Å²) in [7, 11) is 0. The molecule has 0 saturated heterocycles. The van der Waals surface area contributed by atoms with Crippen LogP contribution in [-0.4, -0.2) is 92.2 Å². The van der Waals surface area contributed by atoms with Crippen LogP contribution >= 0.6 is 11.8 Å². The first-order chi connectivity index (χ1) is 17.9. The van der Waals surface area contributed by atoms with E-state index < -0.39 is 66.4 Å². The highest BCUT2D eigenvalue weighted by atomic mass is 32.2. The first-order valence-corrected chi connectivity index (χ1v) is 13.2. The molecule has 208 valence electrons. The third kappa shape index (κ3) is 8.75. The zero-order valence-electron chi connectivity index (χ0n) is 21.0. The number of aliphatic hydroxyl groups excluding tert-OH is 1. The van der Waals surface area contributed by atoms with E-state index in [1.807, 2.05) is 24.3 Å². The van der Waals surface area contributed by atoms with Crippen LogP contribution in [0.5, 0.6) is 0 Å². The number of carbonyl (C=O) groups is 5. The number of benzene rings is 1. The summed E-state index contributed by atoms with van der Waals surface area (Å²) in [6.07, 6.45) is 1.52. The van der Waals surface area contributed by atoms with Crippen LogP contribution in [0, 0.1) is 0 Å². The number of aliphatic carboxylic acids is 2. The van der Waals surface area contributed by atoms with E-state index >= 15 is 0 Å². The van der Waals surface area contributed by atoms with E-state index in [-0.39, 0.29) is 12.8 Å². The smallest absolute Gasteiger partial charge is 0.326 e. The van der Waals surface area contributed by atoms with E-state index in [1.165, 1.54) is 18.7 Å². The maximum absolute atomic E-state index is 13.0. The Morgan fingerprint density at radius 1 is 1.00 bits per heavy atom. The molecule has 3 amide bonds. The van der Waals surface area contributed by atoms with E-state index in [4.69, 9.17) is 10.8 Å². The summed E-state index contributed by atoms with van der Waals surface area (Å²) in [4.78, 5) is 63.9. The van der Waals surface area contributed by atoms with Gasteiger partial charge in [-0.15, -0.1) is 0 Å². The molecule has 38 heavy (non-hydrogen) atoms. The fourth-order valence-electron chi connectivity index (χ4n) is 3.71. The van der Waals surface area contributed by atoms with Gasteiger partial charge in [0.2, 0.25) is 17.7 Å². The minimum absolute atomic E-state index is 0.0820. The molecule has 2 rings (SSSR count). The van der Waals surface area contributed by atoms with Crippen molar-refractivity contribution in [2.45, 2.75) is 56.5 Å². The van der Waals surface area contributed by atoms with E-state index in [2.05, 4.69) is 20.9 Å². The van der Waals surface area contributed by atoms with Gasteiger partial charge in [0, 0.05) is 17.1 Å². The average Bonchev–Trinajstić information content (AvgIpc) is 3.26. The van der Waals surface area contributed by atoms with E-state index in [1.54, 1.807) is 12.5 Å². The Hall–Kier alpha value is -3.62. The predicted molar refractivity (Wildman–Crippen MR) is 140 cm³/mol. The molecule has 14 heteroatoms. The SMILES string of the molecule is CSCCC(NC(=O)C(NC(=O)C(N)Cc1c[nH]c2ccccc12)C(C)O)C(=O)NC(CC(=O)O)C(=O)O. The Balaban J connectivity index is 2.09. The van der Waals surface area contributed by atoms with Gasteiger partial charge in [-0.25, -0.2) is 4.79 Å². The molecule has 0 saturated carbocycles. The topological polar surface area (TPSA) is 224 Å². The maximum Gasteiger partial charge on any atom is 0.326 e. The molecule has 1 heterocycles. The van der Waals surface area contributed by atoms with Gasteiger partial charge < -0.3 is 42.0 Å². The molecule has 1 aromatic carbocycles. The van der Waals surface area contributed by atoms with Crippen molar-refractivity contribution in [2.75, 3.05) is 12.0 Å². The summed E-state index contributed by atoms with van der Waals surface area (Å²) < 4.78 is 0. The van der Waals surface area contributed by atoms with Crippen molar-refractivity contribution in [3.8, 4) is 0 Å². The van der Waals surface area contributed by atoms with Crippen molar-refractivity contribution >= 4 is 52.3 Å². The van der Waals surface area contributed by atoms with E-state index in [9.17, 15) is 34.2 Å². The highest BCUT2D eigenvalue weighted by Crippen LogP contribution is 2.18. The standard InChI is InChI=1S/C24H33N5O8S/c1-12(30)20(29-21(33)15(25)9-13-11-26-16-6-4-3-5-14(13)16)23(35)27-17(7-8-38-2)22(34)28-18(24(36)37)10-19(31)32/h3-6,11-12,15,17-18,20,26,30H,7-10,25H2,1-2H3,(H,27,35)(H,28,34)(H,29,33)(H,31,32)(H,36,37). The molecule has 0 aliphatic heterocycles. The Bertz CT molecular complexity index is 1150. The number of H-pyrrole nitrogens is 1. The molecule has 0 aliphatic carbocycles. The molecule has 1 aromatic heterocycles. The summed E-state index contributed by atoms with van der Waals surface area (Å²) in [6, 6.07) is 2.00. The van der Waals surface area contributed by atoms with Crippen molar-refractivity contribution < 1.29 is 39.3 Å². The number of amides is 3. The highest BCUT2D eigenvalue weighted by Gasteiger charge is 2.33. The Kier molecular flexibility index (Phi) is 11.6. The number of aromatic amines is 1. The predicted octanol–water partition coefficient (Wildman–Crippen LogP) is -0.815. The number of aromatic nitrogens is 1. The highest BCUT2D eigenvalue weighted by molar-refractivity contribution is 7.98. The molecular weight excluding hydrogens is 518 g/mol. The Morgan fingerprint density at radius 3 is 2.26 bits per heavy atom. The molecular formula is C24H33N5O8S. The van der Waals surface area contributed by atoms with Crippen LogP contribution in [0.15, 0.2) is 30.5 Å². The number of aliphatic hydroxyl groups is 1. The molecule has 0 spiro atoms. The fourth-order valence-corrected chi connectivity index (χ4v) is 4.18. The Morgan fingerprint density at radius 2 is 1.66 bits per heavy atom. The van der Waals surface area contributed by atoms with Gasteiger partial charge >= 0.3 is 11.9 Å². The van der Waals surface area contributed by atoms with E-state index in [0.29, 0.717) is 5.75 Å². The number of thioether (sulfide) groups is 1. The van der Waals surface area contributed by atoms with Gasteiger partial charge in [-0.2, -0.15) is 11.8 Å². The van der Waals surface area contributed by atoms with Crippen molar-refractivity contribution in [3.63, 3.8) is 0 Å². The number of rotatable bonds is 15. The van der Waals surface area contributed by atoms with Gasteiger partial charge in [0.15, 0.2) is 0 Å². The molecule has 0 aliphatic rings. The molecule has 13 nitrogen and oxygen atoms in total. The lowest BCUT2D eigenvalue weighted by Gasteiger charge is -2.26. The van der Waals surface area contributed by atoms with Crippen LogP contribution in [0.25, 0.3) is 10.9 Å². The van der Waals surface area contributed by atoms with Crippen LogP contribution in [0.1, 0.15) is 25.3 Å². The van der Waals surface area contributed by atoms with Gasteiger partial charge in [0.25, 0.3) is 0 Å². The Labute approximate surface area is 222 Å².